The summed E-state index contributed by atoms with van der Waals surface area (Å²) in [5.41, 5.74) is 1.96. The normalized spacial score (nSPS) is 22.0. The van der Waals surface area contributed by atoms with Gasteiger partial charge >= 0.3 is 0 Å². The van der Waals surface area contributed by atoms with E-state index in [1.165, 1.54) is 18.4 Å². The molecule has 1 saturated carbocycles. The van der Waals surface area contributed by atoms with Gasteiger partial charge in [0.25, 0.3) is 5.91 Å². The zero-order chi connectivity index (χ0) is 15.1. The number of rotatable bonds is 6. The highest BCUT2D eigenvalue weighted by atomic mass is 32.2. The highest BCUT2D eigenvalue weighted by Gasteiger charge is 2.24. The Hall–Kier alpha value is -1.00. The zero-order valence-electron chi connectivity index (χ0n) is 12.7. The van der Waals surface area contributed by atoms with E-state index in [4.69, 9.17) is 0 Å². The van der Waals surface area contributed by atoms with Gasteiger partial charge in [-0.05, 0) is 48.6 Å². The lowest BCUT2D eigenvalue weighted by molar-refractivity contribution is 0.0909. The van der Waals surface area contributed by atoms with Crippen molar-refractivity contribution in [3.8, 4) is 0 Å². The topological polar surface area (TPSA) is 49.3 Å². The Morgan fingerprint density at radius 2 is 1.90 bits per heavy atom. The lowest BCUT2D eigenvalue weighted by Gasteiger charge is -2.30. The Morgan fingerprint density at radius 3 is 2.52 bits per heavy atom. The van der Waals surface area contributed by atoms with Crippen LogP contribution in [0.2, 0.25) is 0 Å². The van der Waals surface area contributed by atoms with Crippen LogP contribution in [0, 0.1) is 11.8 Å². The van der Waals surface area contributed by atoms with Crippen LogP contribution in [0.25, 0.3) is 0 Å². The molecular formula is C17H25NO2S. The molecule has 1 amide bonds. The number of aliphatic hydroxyl groups excluding tert-OH is 1. The van der Waals surface area contributed by atoms with Crippen LogP contribution in [0.3, 0.4) is 0 Å². The summed E-state index contributed by atoms with van der Waals surface area (Å²) < 4.78 is 0. The molecule has 0 aromatic heterocycles. The summed E-state index contributed by atoms with van der Waals surface area (Å²) in [5.74, 6) is 1.74. The Morgan fingerprint density at radius 1 is 1.24 bits per heavy atom. The number of amides is 1. The molecule has 2 unspecified atom stereocenters. The molecule has 0 heterocycles. The van der Waals surface area contributed by atoms with Gasteiger partial charge < -0.3 is 10.4 Å². The maximum atomic E-state index is 12.2. The summed E-state index contributed by atoms with van der Waals surface area (Å²) in [6.07, 6.45) is 6.67. The zero-order valence-corrected chi connectivity index (χ0v) is 13.5. The van der Waals surface area contributed by atoms with Crippen molar-refractivity contribution in [2.24, 2.45) is 11.8 Å². The SMILES string of the molecule is CSCc1ccc(C(=O)NCC2CCCCC2CO)cc1. The number of nitrogens with one attached hydrogen (secondary N) is 1. The quantitative estimate of drug-likeness (QED) is 0.849. The number of carbonyl (C=O) groups is 1. The summed E-state index contributed by atoms with van der Waals surface area (Å²) in [4.78, 5) is 12.2. The molecule has 1 aromatic rings. The van der Waals surface area contributed by atoms with Gasteiger partial charge in [-0.3, -0.25) is 4.79 Å². The lowest BCUT2D eigenvalue weighted by Crippen LogP contribution is -2.35. The molecule has 1 fully saturated rings. The monoisotopic (exact) mass is 307 g/mol. The first kappa shape index (κ1) is 16.4. The third kappa shape index (κ3) is 4.75. The van der Waals surface area contributed by atoms with Gasteiger partial charge in [0.1, 0.15) is 0 Å². The van der Waals surface area contributed by atoms with Crippen LogP contribution in [0.15, 0.2) is 24.3 Å². The molecule has 1 aliphatic carbocycles. The Labute approximate surface area is 131 Å². The highest BCUT2D eigenvalue weighted by molar-refractivity contribution is 7.97. The van der Waals surface area contributed by atoms with E-state index in [1.54, 1.807) is 11.8 Å². The second-order valence-corrected chi connectivity index (χ2v) is 6.69. The third-order valence-corrected chi connectivity index (χ3v) is 4.97. The van der Waals surface area contributed by atoms with Gasteiger partial charge in [-0.1, -0.05) is 25.0 Å². The number of benzene rings is 1. The summed E-state index contributed by atoms with van der Waals surface area (Å²) in [6, 6.07) is 7.82. The van der Waals surface area contributed by atoms with Crippen molar-refractivity contribution in [2.75, 3.05) is 19.4 Å². The van der Waals surface area contributed by atoms with Gasteiger partial charge in [0.15, 0.2) is 0 Å². The fourth-order valence-corrected chi connectivity index (χ4v) is 3.56. The van der Waals surface area contributed by atoms with E-state index in [2.05, 4.69) is 11.6 Å². The number of aliphatic hydroxyl groups is 1. The summed E-state index contributed by atoms with van der Waals surface area (Å²) in [7, 11) is 0. The van der Waals surface area contributed by atoms with Gasteiger partial charge in [0.05, 0.1) is 0 Å². The van der Waals surface area contributed by atoms with Crippen molar-refractivity contribution in [3.05, 3.63) is 35.4 Å². The average molecular weight is 307 g/mol. The Bertz CT molecular complexity index is 447. The van der Waals surface area contributed by atoms with Crippen LogP contribution in [0.1, 0.15) is 41.6 Å². The molecule has 0 bridgehead atoms. The van der Waals surface area contributed by atoms with E-state index in [0.29, 0.717) is 18.4 Å². The molecule has 0 saturated heterocycles. The van der Waals surface area contributed by atoms with Crippen molar-refractivity contribution in [2.45, 2.75) is 31.4 Å². The van der Waals surface area contributed by atoms with Gasteiger partial charge in [-0.25, -0.2) is 0 Å². The van der Waals surface area contributed by atoms with Crippen LogP contribution in [0.5, 0.6) is 0 Å². The van der Waals surface area contributed by atoms with E-state index >= 15 is 0 Å². The molecule has 2 rings (SSSR count). The average Bonchev–Trinajstić information content (AvgIpc) is 2.54. The Balaban J connectivity index is 1.85. The molecule has 2 N–H and O–H groups in total. The van der Waals surface area contributed by atoms with Crippen LogP contribution < -0.4 is 5.32 Å². The predicted molar refractivity (Wildman–Crippen MR) is 88.5 cm³/mol. The van der Waals surface area contributed by atoms with E-state index in [9.17, 15) is 9.90 Å². The lowest BCUT2D eigenvalue weighted by atomic mass is 9.79. The fraction of sp³-hybridized carbons (Fsp3) is 0.588. The second kappa shape index (κ2) is 8.44. The van der Waals surface area contributed by atoms with Crippen LogP contribution >= 0.6 is 11.8 Å². The molecule has 0 radical (unpaired) electrons. The number of hydrogen-bond donors (Lipinski definition) is 2. The third-order valence-electron chi connectivity index (χ3n) is 4.35. The van der Waals surface area contributed by atoms with E-state index < -0.39 is 0 Å². The summed E-state index contributed by atoms with van der Waals surface area (Å²) >= 11 is 1.78. The second-order valence-electron chi connectivity index (χ2n) is 5.83. The van der Waals surface area contributed by atoms with Crippen LogP contribution in [0.4, 0.5) is 0 Å². The first-order chi connectivity index (χ1) is 10.2. The van der Waals surface area contributed by atoms with Crippen molar-refractivity contribution < 1.29 is 9.90 Å². The minimum Gasteiger partial charge on any atom is -0.396 e. The number of carbonyl (C=O) groups excluding carboxylic acids is 1. The molecule has 1 aromatic carbocycles. The minimum absolute atomic E-state index is 0.00651. The van der Waals surface area contributed by atoms with Crippen LogP contribution in [-0.2, 0) is 5.75 Å². The molecule has 0 spiro atoms. The molecular weight excluding hydrogens is 282 g/mol. The first-order valence-electron chi connectivity index (χ1n) is 7.71. The van der Waals surface area contributed by atoms with Crippen LogP contribution in [-0.4, -0.2) is 30.4 Å². The van der Waals surface area contributed by atoms with Gasteiger partial charge in [-0.15, -0.1) is 0 Å². The molecule has 116 valence electrons. The first-order valence-corrected chi connectivity index (χ1v) is 9.11. The van der Waals surface area contributed by atoms with Gasteiger partial charge in [0.2, 0.25) is 0 Å². The molecule has 1 aliphatic rings. The number of hydrogen-bond acceptors (Lipinski definition) is 3. The van der Waals surface area contributed by atoms with Gasteiger partial charge in [0, 0.05) is 24.5 Å². The van der Waals surface area contributed by atoms with Crippen molar-refractivity contribution in [1.82, 2.24) is 5.32 Å². The van der Waals surface area contributed by atoms with E-state index in [0.717, 1.165) is 24.2 Å². The fourth-order valence-electron chi connectivity index (χ4n) is 3.04. The smallest absolute Gasteiger partial charge is 0.251 e. The van der Waals surface area contributed by atoms with E-state index in [-0.39, 0.29) is 12.5 Å². The van der Waals surface area contributed by atoms with Crippen molar-refractivity contribution >= 4 is 17.7 Å². The predicted octanol–water partition coefficient (Wildman–Crippen LogP) is 3.08. The molecule has 3 nitrogen and oxygen atoms in total. The standard InChI is InChI=1S/C17H25NO2S/c1-21-12-13-6-8-14(9-7-13)17(20)18-10-15-4-2-3-5-16(15)11-19/h6-9,15-16,19H,2-5,10-12H2,1H3,(H,18,20). The molecule has 21 heavy (non-hydrogen) atoms. The maximum absolute atomic E-state index is 12.2. The molecule has 4 heteroatoms. The number of thioether (sulfide) groups is 1. The maximum Gasteiger partial charge on any atom is 0.251 e. The summed E-state index contributed by atoms with van der Waals surface area (Å²) in [5, 5.41) is 12.4. The van der Waals surface area contributed by atoms with Gasteiger partial charge in [-0.2, -0.15) is 11.8 Å². The summed E-state index contributed by atoms with van der Waals surface area (Å²) in [6.45, 7) is 0.917. The largest absolute Gasteiger partial charge is 0.396 e. The molecule has 2 atom stereocenters. The Kier molecular flexibility index (Phi) is 6.58. The minimum atomic E-state index is -0.00651. The van der Waals surface area contributed by atoms with Crippen molar-refractivity contribution in [1.29, 1.82) is 0 Å². The highest BCUT2D eigenvalue weighted by Crippen LogP contribution is 2.29. The van der Waals surface area contributed by atoms with Crippen molar-refractivity contribution in [3.63, 3.8) is 0 Å². The van der Waals surface area contributed by atoms with E-state index in [1.807, 2.05) is 24.3 Å². The molecule has 0 aliphatic heterocycles.